The van der Waals surface area contributed by atoms with Crippen molar-refractivity contribution < 1.29 is 19.1 Å². The van der Waals surface area contributed by atoms with Crippen LogP contribution in [0, 0.1) is 5.92 Å². The first-order chi connectivity index (χ1) is 9.60. The van der Waals surface area contributed by atoms with Crippen molar-refractivity contribution in [3.63, 3.8) is 0 Å². The van der Waals surface area contributed by atoms with Crippen LogP contribution < -0.4 is 10.6 Å². The predicted octanol–water partition coefficient (Wildman–Crippen LogP) is 0.938. The zero-order valence-electron chi connectivity index (χ0n) is 11.1. The number of rotatable bonds is 5. The monoisotopic (exact) mass is 276 g/mol. The van der Waals surface area contributed by atoms with Crippen LogP contribution in [0.5, 0.6) is 0 Å². The van der Waals surface area contributed by atoms with E-state index in [2.05, 4.69) is 15.4 Å². The molecule has 0 unspecified atom stereocenters. The molecule has 2 N–H and O–H groups in total. The number of hydrogen-bond acceptors (Lipinski definition) is 4. The minimum Gasteiger partial charge on any atom is -0.468 e. The van der Waals surface area contributed by atoms with Crippen LogP contribution in [-0.2, 0) is 14.3 Å². The van der Waals surface area contributed by atoms with Gasteiger partial charge in [-0.15, -0.1) is 0 Å². The van der Waals surface area contributed by atoms with E-state index in [0.29, 0.717) is 11.3 Å². The van der Waals surface area contributed by atoms with Crippen LogP contribution in [0.1, 0.15) is 23.2 Å². The molecule has 0 bridgehead atoms. The molecule has 0 atom stereocenters. The van der Waals surface area contributed by atoms with Crippen molar-refractivity contribution in [2.24, 2.45) is 5.92 Å². The molecule has 1 aromatic carbocycles. The van der Waals surface area contributed by atoms with Crippen LogP contribution in [0.3, 0.4) is 0 Å². The molecule has 1 aliphatic carbocycles. The molecule has 1 aliphatic rings. The fourth-order valence-electron chi connectivity index (χ4n) is 1.65. The van der Waals surface area contributed by atoms with Crippen molar-refractivity contribution in [3.8, 4) is 0 Å². The van der Waals surface area contributed by atoms with E-state index in [9.17, 15) is 14.4 Å². The molecule has 106 valence electrons. The Labute approximate surface area is 116 Å². The molecule has 6 heteroatoms. The van der Waals surface area contributed by atoms with E-state index in [4.69, 9.17) is 0 Å². The molecule has 6 nitrogen and oxygen atoms in total. The Hall–Kier alpha value is -2.37. The lowest BCUT2D eigenvalue weighted by Crippen LogP contribution is -2.30. The first-order valence-electron chi connectivity index (χ1n) is 6.36. The molecule has 2 amide bonds. The van der Waals surface area contributed by atoms with Crippen LogP contribution in [0.4, 0.5) is 5.69 Å². The molecule has 1 fully saturated rings. The summed E-state index contributed by atoms with van der Waals surface area (Å²) in [5.41, 5.74) is 0.954. The van der Waals surface area contributed by atoms with Crippen molar-refractivity contribution in [1.82, 2.24) is 5.32 Å². The minimum atomic E-state index is -0.517. The van der Waals surface area contributed by atoms with Gasteiger partial charge in [-0.1, -0.05) is 6.07 Å². The number of esters is 1. The van der Waals surface area contributed by atoms with E-state index < -0.39 is 11.9 Å². The number of nitrogens with one attached hydrogen (secondary N) is 2. The van der Waals surface area contributed by atoms with E-state index >= 15 is 0 Å². The van der Waals surface area contributed by atoms with Gasteiger partial charge in [0.1, 0.15) is 6.54 Å². The Morgan fingerprint density at radius 2 is 2.05 bits per heavy atom. The van der Waals surface area contributed by atoms with Gasteiger partial charge in [-0.2, -0.15) is 0 Å². The Morgan fingerprint density at radius 3 is 2.70 bits per heavy atom. The number of amides is 2. The highest BCUT2D eigenvalue weighted by molar-refractivity contribution is 5.99. The third-order valence-corrected chi connectivity index (χ3v) is 2.96. The van der Waals surface area contributed by atoms with Crippen LogP contribution in [0.2, 0.25) is 0 Å². The third kappa shape index (κ3) is 3.81. The van der Waals surface area contributed by atoms with E-state index in [1.165, 1.54) is 7.11 Å². The van der Waals surface area contributed by atoms with Gasteiger partial charge in [-0.25, -0.2) is 0 Å². The summed E-state index contributed by atoms with van der Waals surface area (Å²) in [6.07, 6.45) is 1.84. The molecule has 0 aliphatic heterocycles. The lowest BCUT2D eigenvalue weighted by atomic mass is 10.2. The fraction of sp³-hybridized carbons (Fsp3) is 0.357. The van der Waals surface area contributed by atoms with Gasteiger partial charge in [0.25, 0.3) is 5.91 Å². The first-order valence-corrected chi connectivity index (χ1v) is 6.36. The van der Waals surface area contributed by atoms with E-state index in [1.54, 1.807) is 24.3 Å². The molecule has 1 saturated carbocycles. The number of anilines is 1. The van der Waals surface area contributed by atoms with E-state index in [-0.39, 0.29) is 18.4 Å². The van der Waals surface area contributed by atoms with Crippen molar-refractivity contribution in [1.29, 1.82) is 0 Å². The molecule has 2 rings (SSSR count). The van der Waals surface area contributed by atoms with Crippen LogP contribution in [0.15, 0.2) is 24.3 Å². The fourth-order valence-corrected chi connectivity index (χ4v) is 1.65. The first kappa shape index (κ1) is 14.0. The summed E-state index contributed by atoms with van der Waals surface area (Å²) in [4.78, 5) is 34.4. The van der Waals surface area contributed by atoms with Crippen LogP contribution in [-0.4, -0.2) is 31.4 Å². The Morgan fingerprint density at radius 1 is 1.30 bits per heavy atom. The van der Waals surface area contributed by atoms with Crippen molar-refractivity contribution >= 4 is 23.5 Å². The second kappa shape index (κ2) is 6.18. The lowest BCUT2D eigenvalue weighted by Gasteiger charge is -2.07. The van der Waals surface area contributed by atoms with Gasteiger partial charge in [0.05, 0.1) is 7.11 Å². The van der Waals surface area contributed by atoms with E-state index in [1.807, 2.05) is 0 Å². The average Bonchev–Trinajstić information content (AvgIpc) is 3.29. The average molecular weight is 276 g/mol. The number of hydrogen-bond donors (Lipinski definition) is 2. The largest absolute Gasteiger partial charge is 0.468 e. The predicted molar refractivity (Wildman–Crippen MR) is 72.1 cm³/mol. The second-order valence-corrected chi connectivity index (χ2v) is 4.60. The second-order valence-electron chi connectivity index (χ2n) is 4.60. The molecule has 0 spiro atoms. The maximum Gasteiger partial charge on any atom is 0.325 e. The van der Waals surface area contributed by atoms with Gasteiger partial charge >= 0.3 is 5.97 Å². The van der Waals surface area contributed by atoms with Crippen molar-refractivity contribution in [2.45, 2.75) is 12.8 Å². The smallest absolute Gasteiger partial charge is 0.325 e. The summed E-state index contributed by atoms with van der Waals surface area (Å²) in [7, 11) is 1.25. The minimum absolute atomic E-state index is 0.0166. The number of carbonyl (C=O) groups is 3. The van der Waals surface area contributed by atoms with Gasteiger partial charge < -0.3 is 15.4 Å². The highest BCUT2D eigenvalue weighted by Crippen LogP contribution is 2.30. The molecule has 0 saturated heterocycles. The standard InChI is InChI=1S/C14H16N2O4/c1-20-12(17)8-15-13(18)10-3-2-4-11(7-10)16-14(19)9-5-6-9/h2-4,7,9H,5-6,8H2,1H3,(H,15,18)(H,16,19). The lowest BCUT2D eigenvalue weighted by molar-refractivity contribution is -0.139. The maximum atomic E-state index is 11.8. The van der Waals surface area contributed by atoms with Crippen LogP contribution >= 0.6 is 0 Å². The summed E-state index contributed by atoms with van der Waals surface area (Å²) in [6.45, 7) is -0.187. The van der Waals surface area contributed by atoms with Crippen LogP contribution in [0.25, 0.3) is 0 Å². The molecular weight excluding hydrogens is 260 g/mol. The SMILES string of the molecule is COC(=O)CNC(=O)c1cccc(NC(=O)C2CC2)c1. The van der Waals surface area contributed by atoms with Gasteiger partial charge in [0.2, 0.25) is 5.91 Å². The molecule has 0 radical (unpaired) electrons. The van der Waals surface area contributed by atoms with E-state index in [0.717, 1.165) is 12.8 Å². The summed E-state index contributed by atoms with van der Waals surface area (Å²) in [6, 6.07) is 6.58. The third-order valence-electron chi connectivity index (χ3n) is 2.96. The number of ether oxygens (including phenoxy) is 1. The zero-order valence-corrected chi connectivity index (χ0v) is 11.1. The summed E-state index contributed by atoms with van der Waals surface area (Å²) >= 11 is 0. The van der Waals surface area contributed by atoms with Gasteiger partial charge in [-0.05, 0) is 31.0 Å². The summed E-state index contributed by atoms with van der Waals surface area (Å²) in [5.74, 6) is -0.821. The van der Waals surface area contributed by atoms with Gasteiger partial charge in [-0.3, -0.25) is 14.4 Å². The topological polar surface area (TPSA) is 84.5 Å². The number of carbonyl (C=O) groups excluding carboxylic acids is 3. The quantitative estimate of drug-likeness (QED) is 0.784. The van der Waals surface area contributed by atoms with Gasteiger partial charge in [0, 0.05) is 17.2 Å². The Bertz CT molecular complexity index is 538. The van der Waals surface area contributed by atoms with Crippen molar-refractivity contribution in [2.75, 3.05) is 19.0 Å². The molecule has 1 aromatic rings. The normalized spacial score (nSPS) is 13.4. The Kier molecular flexibility index (Phi) is 4.34. The van der Waals surface area contributed by atoms with Crippen molar-refractivity contribution in [3.05, 3.63) is 29.8 Å². The molecule has 0 aromatic heterocycles. The highest BCUT2D eigenvalue weighted by Gasteiger charge is 2.29. The summed E-state index contributed by atoms with van der Waals surface area (Å²) < 4.78 is 4.44. The summed E-state index contributed by atoms with van der Waals surface area (Å²) in [5, 5.41) is 5.20. The Balaban J connectivity index is 1.95. The molecule has 20 heavy (non-hydrogen) atoms. The highest BCUT2D eigenvalue weighted by atomic mass is 16.5. The molecular formula is C14H16N2O4. The number of methoxy groups -OCH3 is 1. The maximum absolute atomic E-state index is 11.8. The zero-order chi connectivity index (χ0) is 14.5. The molecule has 0 heterocycles. The number of benzene rings is 1. The van der Waals surface area contributed by atoms with Gasteiger partial charge in [0.15, 0.2) is 0 Å².